The first-order chi connectivity index (χ1) is 9.34. The van der Waals surface area contributed by atoms with Crippen molar-refractivity contribution in [2.45, 2.75) is 26.7 Å². The van der Waals surface area contributed by atoms with Gasteiger partial charge < -0.3 is 4.90 Å². The predicted molar refractivity (Wildman–Crippen MR) is 84.1 cm³/mol. The molecule has 0 radical (unpaired) electrons. The maximum atomic E-state index is 12.1. The van der Waals surface area contributed by atoms with E-state index in [4.69, 9.17) is 23.2 Å². The number of nitrogens with zero attached hydrogens (tertiary/aromatic N) is 1. The zero-order valence-electron chi connectivity index (χ0n) is 12.0. The fraction of sp³-hybridized carbons (Fsp3) is 0.312. The van der Waals surface area contributed by atoms with Gasteiger partial charge in [0.25, 0.3) is 0 Å². The molecule has 0 amide bonds. The van der Waals surface area contributed by atoms with Gasteiger partial charge in [0.15, 0.2) is 5.78 Å². The molecule has 0 spiro atoms. The zero-order valence-corrected chi connectivity index (χ0v) is 13.5. The van der Waals surface area contributed by atoms with E-state index in [-0.39, 0.29) is 11.7 Å². The van der Waals surface area contributed by atoms with Gasteiger partial charge in [0.05, 0.1) is 10.0 Å². The molecule has 0 saturated heterocycles. The van der Waals surface area contributed by atoms with Crippen molar-refractivity contribution < 1.29 is 4.79 Å². The SMILES string of the molecule is CC(=O)C1=C(C)N(C)C(C)=CC1c1cccc(Cl)c1Cl. The van der Waals surface area contributed by atoms with E-state index in [0.29, 0.717) is 10.0 Å². The Bertz CT molecular complexity index is 631. The van der Waals surface area contributed by atoms with Crippen molar-refractivity contribution in [3.8, 4) is 0 Å². The molecule has 1 unspecified atom stereocenters. The summed E-state index contributed by atoms with van der Waals surface area (Å²) in [4.78, 5) is 14.1. The lowest BCUT2D eigenvalue weighted by Gasteiger charge is -2.32. The summed E-state index contributed by atoms with van der Waals surface area (Å²) in [6.07, 6.45) is 2.06. The van der Waals surface area contributed by atoms with Crippen LogP contribution >= 0.6 is 23.2 Å². The van der Waals surface area contributed by atoms with Crippen LogP contribution in [0.1, 0.15) is 32.3 Å². The number of hydrogen-bond donors (Lipinski definition) is 0. The third-order valence-corrected chi connectivity index (χ3v) is 4.67. The second kappa shape index (κ2) is 5.63. The molecule has 0 N–H and O–H groups in total. The molecule has 1 aliphatic heterocycles. The monoisotopic (exact) mass is 309 g/mol. The molecule has 1 aromatic rings. The molecule has 1 atom stereocenters. The Balaban J connectivity index is 2.64. The molecule has 106 valence electrons. The summed E-state index contributed by atoms with van der Waals surface area (Å²) in [5, 5.41) is 1.02. The number of rotatable bonds is 2. The van der Waals surface area contributed by atoms with Crippen LogP contribution in [0, 0.1) is 0 Å². The minimum Gasteiger partial charge on any atom is -0.352 e. The summed E-state index contributed by atoms with van der Waals surface area (Å²) < 4.78 is 0. The first-order valence-electron chi connectivity index (χ1n) is 6.42. The van der Waals surface area contributed by atoms with Gasteiger partial charge in [0.1, 0.15) is 0 Å². The highest BCUT2D eigenvalue weighted by Crippen LogP contribution is 2.40. The topological polar surface area (TPSA) is 20.3 Å². The van der Waals surface area contributed by atoms with E-state index in [0.717, 1.165) is 22.5 Å². The number of benzene rings is 1. The number of carbonyl (C=O) groups excluding carboxylic acids is 1. The van der Waals surface area contributed by atoms with Crippen LogP contribution in [0.25, 0.3) is 0 Å². The largest absolute Gasteiger partial charge is 0.352 e. The van der Waals surface area contributed by atoms with Gasteiger partial charge in [-0.3, -0.25) is 4.79 Å². The molecular formula is C16H17Cl2NO. The average Bonchev–Trinajstić information content (AvgIpc) is 2.38. The molecule has 0 bridgehead atoms. The van der Waals surface area contributed by atoms with Crippen molar-refractivity contribution in [1.29, 1.82) is 0 Å². The van der Waals surface area contributed by atoms with Gasteiger partial charge in [-0.05, 0) is 32.4 Å². The average molecular weight is 310 g/mol. The fourth-order valence-corrected chi connectivity index (χ4v) is 3.01. The van der Waals surface area contributed by atoms with Crippen LogP contribution in [-0.2, 0) is 4.79 Å². The maximum absolute atomic E-state index is 12.1. The second-order valence-corrected chi connectivity index (χ2v) is 5.83. The summed E-state index contributed by atoms with van der Waals surface area (Å²) in [5.74, 6) is -0.0888. The molecule has 1 aliphatic rings. The molecule has 1 heterocycles. The third-order valence-electron chi connectivity index (χ3n) is 3.84. The first kappa shape index (κ1) is 15.1. The minimum absolute atomic E-state index is 0.0548. The van der Waals surface area contributed by atoms with Gasteiger partial charge in [-0.25, -0.2) is 0 Å². The van der Waals surface area contributed by atoms with Crippen LogP contribution in [0.5, 0.6) is 0 Å². The highest BCUT2D eigenvalue weighted by Gasteiger charge is 2.28. The number of hydrogen-bond acceptors (Lipinski definition) is 2. The molecule has 2 rings (SSSR count). The van der Waals surface area contributed by atoms with Crippen LogP contribution in [0.2, 0.25) is 10.0 Å². The van der Waals surface area contributed by atoms with Gasteiger partial charge in [-0.2, -0.15) is 0 Å². The lowest BCUT2D eigenvalue weighted by atomic mass is 9.84. The predicted octanol–water partition coefficient (Wildman–Crippen LogP) is 4.79. The second-order valence-electron chi connectivity index (χ2n) is 5.04. The van der Waals surface area contributed by atoms with E-state index in [2.05, 4.69) is 6.08 Å². The Hall–Kier alpha value is -1.25. The molecule has 0 aromatic heterocycles. The number of ketones is 1. The van der Waals surface area contributed by atoms with Gasteiger partial charge in [-0.15, -0.1) is 0 Å². The van der Waals surface area contributed by atoms with E-state index in [1.807, 2.05) is 37.9 Å². The summed E-state index contributed by atoms with van der Waals surface area (Å²) >= 11 is 12.4. The molecule has 0 aliphatic carbocycles. The van der Waals surface area contributed by atoms with Crippen LogP contribution in [0.15, 0.2) is 41.2 Å². The summed E-state index contributed by atoms with van der Waals surface area (Å²) in [6, 6.07) is 5.53. The Morgan fingerprint density at radius 2 is 1.90 bits per heavy atom. The summed E-state index contributed by atoms with van der Waals surface area (Å²) in [5.41, 5.74) is 3.69. The van der Waals surface area contributed by atoms with Gasteiger partial charge in [0, 0.05) is 29.9 Å². The molecule has 0 saturated carbocycles. The van der Waals surface area contributed by atoms with Crippen molar-refractivity contribution in [1.82, 2.24) is 4.90 Å². The highest BCUT2D eigenvalue weighted by molar-refractivity contribution is 6.42. The normalized spacial score (nSPS) is 19.2. The zero-order chi connectivity index (χ0) is 15.0. The van der Waals surface area contributed by atoms with Crippen molar-refractivity contribution in [3.63, 3.8) is 0 Å². The van der Waals surface area contributed by atoms with Gasteiger partial charge in [-0.1, -0.05) is 41.4 Å². The summed E-state index contributed by atoms with van der Waals surface area (Å²) in [6.45, 7) is 5.57. The van der Waals surface area contributed by atoms with E-state index in [1.165, 1.54) is 0 Å². The lowest BCUT2D eigenvalue weighted by Crippen LogP contribution is -2.25. The Morgan fingerprint density at radius 3 is 2.50 bits per heavy atom. The Morgan fingerprint density at radius 1 is 1.25 bits per heavy atom. The Kier molecular flexibility index (Phi) is 4.26. The van der Waals surface area contributed by atoms with Crippen molar-refractivity contribution in [3.05, 3.63) is 56.9 Å². The van der Waals surface area contributed by atoms with E-state index < -0.39 is 0 Å². The van der Waals surface area contributed by atoms with Gasteiger partial charge in [0.2, 0.25) is 0 Å². The van der Waals surface area contributed by atoms with Crippen molar-refractivity contribution in [2.75, 3.05) is 7.05 Å². The minimum atomic E-state index is -0.144. The molecular weight excluding hydrogens is 293 g/mol. The third kappa shape index (κ3) is 2.50. The van der Waals surface area contributed by atoms with Crippen LogP contribution in [0.3, 0.4) is 0 Å². The number of halogens is 2. The van der Waals surface area contributed by atoms with E-state index in [9.17, 15) is 4.79 Å². The summed E-state index contributed by atoms with van der Waals surface area (Å²) in [7, 11) is 1.96. The molecule has 1 aromatic carbocycles. The number of carbonyl (C=O) groups is 1. The van der Waals surface area contributed by atoms with Gasteiger partial charge >= 0.3 is 0 Å². The smallest absolute Gasteiger partial charge is 0.158 e. The maximum Gasteiger partial charge on any atom is 0.158 e. The van der Waals surface area contributed by atoms with E-state index >= 15 is 0 Å². The molecule has 20 heavy (non-hydrogen) atoms. The standard InChI is InChI=1S/C16H17Cl2NO/c1-9-8-13(12-6-5-7-14(17)16(12)18)15(11(3)20)10(2)19(9)4/h5-8,13H,1-4H3. The molecule has 0 fully saturated rings. The fourth-order valence-electron chi connectivity index (χ4n) is 2.59. The van der Waals surface area contributed by atoms with Crippen molar-refractivity contribution in [2.24, 2.45) is 0 Å². The molecule has 2 nitrogen and oxygen atoms in total. The van der Waals surface area contributed by atoms with E-state index in [1.54, 1.807) is 13.0 Å². The number of allylic oxidation sites excluding steroid dienone is 4. The first-order valence-corrected chi connectivity index (χ1v) is 7.18. The Labute approximate surface area is 129 Å². The lowest BCUT2D eigenvalue weighted by molar-refractivity contribution is -0.113. The molecule has 4 heteroatoms. The quantitative estimate of drug-likeness (QED) is 0.783. The number of Topliss-reactive ketones (excluding diaryl/α,β-unsaturated/α-hetero) is 1. The van der Waals surface area contributed by atoms with Crippen LogP contribution in [0.4, 0.5) is 0 Å². The van der Waals surface area contributed by atoms with Crippen LogP contribution in [-0.4, -0.2) is 17.7 Å². The van der Waals surface area contributed by atoms with Crippen LogP contribution < -0.4 is 0 Å². The highest BCUT2D eigenvalue weighted by atomic mass is 35.5. The van der Waals surface area contributed by atoms with Crippen molar-refractivity contribution >= 4 is 29.0 Å².